The number of nitrogens with zero attached hydrogens (tertiary/aromatic N) is 1. The lowest BCUT2D eigenvalue weighted by molar-refractivity contribution is 0.0951. The molecule has 1 N–H and O–H groups in total. The second kappa shape index (κ2) is 8.13. The number of anilines is 1. The zero-order valence-corrected chi connectivity index (χ0v) is 18.0. The highest BCUT2D eigenvalue weighted by Crippen LogP contribution is 2.37. The fourth-order valence-corrected chi connectivity index (χ4v) is 5.53. The first kappa shape index (κ1) is 20.4. The number of fused-ring (bicyclic) bond motifs is 1. The van der Waals surface area contributed by atoms with E-state index in [2.05, 4.69) is 5.32 Å². The van der Waals surface area contributed by atoms with Crippen molar-refractivity contribution < 1.29 is 13.2 Å². The van der Waals surface area contributed by atoms with Crippen molar-refractivity contribution in [2.45, 2.75) is 30.8 Å². The van der Waals surface area contributed by atoms with Crippen LogP contribution in [0, 0.1) is 0 Å². The van der Waals surface area contributed by atoms with Gasteiger partial charge >= 0.3 is 0 Å². The van der Waals surface area contributed by atoms with Crippen LogP contribution >= 0.6 is 11.6 Å². The van der Waals surface area contributed by atoms with Gasteiger partial charge in [0.15, 0.2) is 0 Å². The molecule has 0 saturated heterocycles. The molecule has 0 spiro atoms. The van der Waals surface area contributed by atoms with Crippen molar-refractivity contribution in [1.82, 2.24) is 5.32 Å². The van der Waals surface area contributed by atoms with Crippen LogP contribution in [0.1, 0.15) is 28.4 Å². The molecule has 1 atom stereocenters. The topological polar surface area (TPSA) is 66.5 Å². The number of amides is 1. The second-order valence-corrected chi connectivity index (χ2v) is 9.57. The number of halogens is 1. The molecule has 1 heterocycles. The molecular formula is C23H21ClN2O3S. The van der Waals surface area contributed by atoms with Crippen LogP contribution in [0.15, 0.2) is 77.7 Å². The second-order valence-electron chi connectivity index (χ2n) is 7.32. The van der Waals surface area contributed by atoms with Crippen LogP contribution in [0.5, 0.6) is 0 Å². The molecule has 3 aromatic rings. The molecule has 0 radical (unpaired) electrons. The summed E-state index contributed by atoms with van der Waals surface area (Å²) in [5, 5.41) is 3.39. The van der Waals surface area contributed by atoms with Crippen molar-refractivity contribution in [1.29, 1.82) is 0 Å². The molecule has 4 rings (SSSR count). The number of rotatable bonds is 5. The van der Waals surface area contributed by atoms with Crippen molar-refractivity contribution in [3.05, 3.63) is 94.5 Å². The Kier molecular flexibility index (Phi) is 5.54. The van der Waals surface area contributed by atoms with E-state index in [4.69, 9.17) is 11.6 Å². The molecule has 5 nitrogen and oxygen atoms in total. The summed E-state index contributed by atoms with van der Waals surface area (Å²) in [6, 6.07) is 20.7. The molecule has 7 heteroatoms. The maximum absolute atomic E-state index is 13.2. The first-order valence-corrected chi connectivity index (χ1v) is 11.4. The third kappa shape index (κ3) is 3.93. The molecule has 3 aromatic carbocycles. The first-order valence-electron chi connectivity index (χ1n) is 9.61. The van der Waals surface area contributed by atoms with Gasteiger partial charge in [-0.3, -0.25) is 9.10 Å². The van der Waals surface area contributed by atoms with Crippen LogP contribution in [-0.4, -0.2) is 20.4 Å². The number of carbonyl (C=O) groups is 1. The van der Waals surface area contributed by atoms with E-state index in [0.717, 1.165) is 11.1 Å². The quantitative estimate of drug-likeness (QED) is 0.639. The van der Waals surface area contributed by atoms with Crippen molar-refractivity contribution in [2.24, 2.45) is 0 Å². The molecular weight excluding hydrogens is 420 g/mol. The summed E-state index contributed by atoms with van der Waals surface area (Å²) in [6.45, 7) is 2.30. The van der Waals surface area contributed by atoms with Crippen molar-refractivity contribution in [2.75, 3.05) is 4.31 Å². The highest BCUT2D eigenvalue weighted by molar-refractivity contribution is 7.92. The van der Waals surface area contributed by atoms with Gasteiger partial charge in [0.25, 0.3) is 15.9 Å². The predicted octanol–water partition coefficient (Wildman–Crippen LogP) is 4.41. The zero-order chi connectivity index (χ0) is 21.3. The number of carbonyl (C=O) groups excluding carboxylic acids is 1. The summed E-state index contributed by atoms with van der Waals surface area (Å²) in [6.07, 6.45) is 0.544. The van der Waals surface area contributed by atoms with Gasteiger partial charge in [0.1, 0.15) is 0 Å². The molecule has 0 aromatic heterocycles. The average Bonchev–Trinajstić information content (AvgIpc) is 3.08. The van der Waals surface area contributed by atoms with Crippen LogP contribution in [0.4, 0.5) is 5.69 Å². The smallest absolute Gasteiger partial charge is 0.264 e. The zero-order valence-electron chi connectivity index (χ0n) is 16.4. The summed E-state index contributed by atoms with van der Waals surface area (Å²) in [7, 11) is -3.72. The molecule has 0 fully saturated rings. The fourth-order valence-electron chi connectivity index (χ4n) is 3.71. The third-order valence-corrected chi connectivity index (χ3v) is 7.36. The van der Waals surface area contributed by atoms with Crippen LogP contribution < -0.4 is 9.62 Å². The van der Waals surface area contributed by atoms with E-state index in [1.807, 2.05) is 37.3 Å². The minimum absolute atomic E-state index is 0.187. The predicted molar refractivity (Wildman–Crippen MR) is 118 cm³/mol. The van der Waals surface area contributed by atoms with Gasteiger partial charge in [-0.2, -0.15) is 0 Å². The Hall–Kier alpha value is -2.83. The molecule has 1 amide bonds. The minimum Gasteiger partial charge on any atom is -0.348 e. The van der Waals surface area contributed by atoms with Crippen molar-refractivity contribution in [3.63, 3.8) is 0 Å². The molecule has 0 saturated carbocycles. The molecule has 1 aliphatic rings. The maximum atomic E-state index is 13.2. The van der Waals surface area contributed by atoms with Gasteiger partial charge in [-0.15, -0.1) is 0 Å². The summed E-state index contributed by atoms with van der Waals surface area (Å²) in [5.74, 6) is -0.187. The molecule has 0 bridgehead atoms. The van der Waals surface area contributed by atoms with E-state index in [9.17, 15) is 13.2 Å². The molecule has 0 aliphatic carbocycles. The van der Waals surface area contributed by atoms with E-state index < -0.39 is 10.0 Å². The Labute approximate surface area is 181 Å². The van der Waals surface area contributed by atoms with E-state index in [-0.39, 0.29) is 16.8 Å². The van der Waals surface area contributed by atoms with Gasteiger partial charge in [0.2, 0.25) is 0 Å². The van der Waals surface area contributed by atoms with Gasteiger partial charge in [-0.1, -0.05) is 41.9 Å². The lowest BCUT2D eigenvalue weighted by Gasteiger charge is -2.24. The monoisotopic (exact) mass is 440 g/mol. The minimum atomic E-state index is -3.72. The number of hydrogen-bond acceptors (Lipinski definition) is 3. The summed E-state index contributed by atoms with van der Waals surface area (Å²) < 4.78 is 27.8. The Bertz CT molecular complexity index is 1180. The van der Waals surface area contributed by atoms with Gasteiger partial charge in [0.05, 0.1) is 10.6 Å². The lowest BCUT2D eigenvalue weighted by atomic mass is 10.1. The number of benzene rings is 3. The van der Waals surface area contributed by atoms with Gasteiger partial charge < -0.3 is 5.32 Å². The normalized spacial score (nSPS) is 15.7. The summed E-state index contributed by atoms with van der Waals surface area (Å²) in [4.78, 5) is 12.8. The Balaban J connectivity index is 1.57. The highest BCUT2D eigenvalue weighted by atomic mass is 35.5. The van der Waals surface area contributed by atoms with Crippen molar-refractivity contribution >= 4 is 33.2 Å². The van der Waals surface area contributed by atoms with Crippen LogP contribution in [0.3, 0.4) is 0 Å². The number of nitrogens with one attached hydrogen (secondary N) is 1. The largest absolute Gasteiger partial charge is 0.348 e. The van der Waals surface area contributed by atoms with Crippen LogP contribution in [-0.2, 0) is 23.0 Å². The SMILES string of the molecule is C[C@H]1Cc2cc(C(=O)NCc3ccccc3)ccc2N1S(=O)(=O)c1ccc(Cl)cc1. The van der Waals surface area contributed by atoms with E-state index in [1.165, 1.54) is 16.4 Å². The summed E-state index contributed by atoms with van der Waals surface area (Å²) in [5.41, 5.74) is 2.98. The molecule has 30 heavy (non-hydrogen) atoms. The van der Waals surface area contributed by atoms with Crippen molar-refractivity contribution in [3.8, 4) is 0 Å². The maximum Gasteiger partial charge on any atom is 0.264 e. The van der Waals surface area contributed by atoms with E-state index in [0.29, 0.717) is 29.2 Å². The first-order chi connectivity index (χ1) is 14.4. The van der Waals surface area contributed by atoms with Gasteiger partial charge in [-0.25, -0.2) is 8.42 Å². The number of hydrogen-bond donors (Lipinski definition) is 1. The number of sulfonamides is 1. The van der Waals surface area contributed by atoms with Crippen LogP contribution in [0.2, 0.25) is 5.02 Å². The van der Waals surface area contributed by atoms with E-state index in [1.54, 1.807) is 30.3 Å². The molecule has 1 aliphatic heterocycles. The van der Waals surface area contributed by atoms with Gasteiger partial charge in [-0.05, 0) is 66.9 Å². The van der Waals surface area contributed by atoms with Crippen LogP contribution in [0.25, 0.3) is 0 Å². The third-order valence-electron chi connectivity index (χ3n) is 5.16. The Morgan fingerprint density at radius 1 is 1.07 bits per heavy atom. The Morgan fingerprint density at radius 3 is 2.47 bits per heavy atom. The molecule has 0 unspecified atom stereocenters. The van der Waals surface area contributed by atoms with Gasteiger partial charge in [0, 0.05) is 23.2 Å². The fraction of sp³-hybridized carbons (Fsp3) is 0.174. The Morgan fingerprint density at radius 2 is 1.77 bits per heavy atom. The summed E-state index contributed by atoms with van der Waals surface area (Å²) >= 11 is 5.90. The average molecular weight is 441 g/mol. The highest BCUT2D eigenvalue weighted by Gasteiger charge is 2.36. The molecule has 154 valence electrons. The lowest BCUT2D eigenvalue weighted by Crippen LogP contribution is -2.35. The van der Waals surface area contributed by atoms with E-state index >= 15 is 0 Å². The standard InChI is InChI=1S/C23H21ClN2O3S/c1-16-13-19-14-18(23(27)25-15-17-5-3-2-4-6-17)7-12-22(19)26(16)30(28,29)21-10-8-20(24)9-11-21/h2-12,14,16H,13,15H2,1H3,(H,25,27)/t16-/m0/s1.